The molecule has 1 unspecified atom stereocenters. The number of carbonyl (C=O) groups excluding carboxylic acids is 1. The standard InChI is InChI=1S/C13H22N2OS2/c1-12(5-4-8-18-12)9-15-11(16)13(10(14)17)6-2-3-7-13/h2-9H2,1H3,(H2,14,17)(H,15,16). The third-order valence-corrected chi connectivity index (χ3v) is 6.22. The number of rotatable bonds is 4. The molecule has 0 aromatic heterocycles. The fourth-order valence-electron chi connectivity index (χ4n) is 2.98. The van der Waals surface area contributed by atoms with E-state index in [0.717, 1.165) is 32.2 Å². The van der Waals surface area contributed by atoms with Crippen molar-refractivity contribution in [2.24, 2.45) is 11.1 Å². The molecule has 1 saturated heterocycles. The molecule has 2 aliphatic rings. The predicted molar refractivity (Wildman–Crippen MR) is 80.8 cm³/mol. The molecule has 1 aliphatic heterocycles. The van der Waals surface area contributed by atoms with Gasteiger partial charge in [0, 0.05) is 11.3 Å². The summed E-state index contributed by atoms with van der Waals surface area (Å²) >= 11 is 7.09. The fraction of sp³-hybridized carbons (Fsp3) is 0.846. The van der Waals surface area contributed by atoms with Gasteiger partial charge in [-0.3, -0.25) is 4.79 Å². The Morgan fingerprint density at radius 3 is 2.50 bits per heavy atom. The molecule has 0 aromatic carbocycles. The van der Waals surface area contributed by atoms with Crippen molar-refractivity contribution in [3.05, 3.63) is 0 Å². The molecule has 0 aromatic rings. The molecule has 2 rings (SSSR count). The Kier molecular flexibility index (Phi) is 4.22. The number of nitrogens with two attached hydrogens (primary N) is 1. The molecule has 1 atom stereocenters. The van der Waals surface area contributed by atoms with E-state index in [1.165, 1.54) is 18.6 Å². The van der Waals surface area contributed by atoms with Gasteiger partial charge < -0.3 is 11.1 Å². The minimum absolute atomic E-state index is 0.0567. The average Bonchev–Trinajstić information content (AvgIpc) is 2.96. The van der Waals surface area contributed by atoms with Crippen molar-refractivity contribution < 1.29 is 4.79 Å². The number of thiocarbonyl (C=S) groups is 1. The van der Waals surface area contributed by atoms with Gasteiger partial charge in [0.05, 0.1) is 10.4 Å². The first-order valence-electron chi connectivity index (χ1n) is 6.71. The molecule has 1 amide bonds. The van der Waals surface area contributed by atoms with Gasteiger partial charge in [-0.1, -0.05) is 25.1 Å². The monoisotopic (exact) mass is 286 g/mol. The van der Waals surface area contributed by atoms with Crippen molar-refractivity contribution in [1.29, 1.82) is 0 Å². The van der Waals surface area contributed by atoms with E-state index in [4.69, 9.17) is 18.0 Å². The molecule has 1 saturated carbocycles. The summed E-state index contributed by atoms with van der Waals surface area (Å²) in [5.74, 6) is 1.26. The van der Waals surface area contributed by atoms with Gasteiger partial charge in [-0.05, 0) is 38.4 Å². The summed E-state index contributed by atoms with van der Waals surface area (Å²) in [5, 5.41) is 3.10. The van der Waals surface area contributed by atoms with E-state index < -0.39 is 5.41 Å². The van der Waals surface area contributed by atoms with Gasteiger partial charge in [0.15, 0.2) is 0 Å². The van der Waals surface area contributed by atoms with Gasteiger partial charge >= 0.3 is 0 Å². The number of amides is 1. The first-order chi connectivity index (χ1) is 8.49. The van der Waals surface area contributed by atoms with E-state index >= 15 is 0 Å². The van der Waals surface area contributed by atoms with E-state index in [2.05, 4.69) is 12.2 Å². The number of thioether (sulfide) groups is 1. The minimum atomic E-state index is -0.561. The molecule has 0 spiro atoms. The van der Waals surface area contributed by atoms with Crippen molar-refractivity contribution in [2.45, 2.75) is 50.2 Å². The Labute approximate surface area is 119 Å². The lowest BCUT2D eigenvalue weighted by molar-refractivity contribution is -0.127. The second kappa shape index (κ2) is 5.37. The van der Waals surface area contributed by atoms with Gasteiger partial charge in [0.2, 0.25) is 5.91 Å². The quantitative estimate of drug-likeness (QED) is 0.778. The smallest absolute Gasteiger partial charge is 0.233 e. The maximum atomic E-state index is 12.4. The SMILES string of the molecule is CC1(CNC(=O)C2(C(N)=S)CCCC2)CCCS1. The van der Waals surface area contributed by atoms with Crippen LogP contribution in [0.2, 0.25) is 0 Å². The maximum Gasteiger partial charge on any atom is 0.233 e. The van der Waals surface area contributed by atoms with Crippen LogP contribution in [0, 0.1) is 5.41 Å². The lowest BCUT2D eigenvalue weighted by atomic mass is 9.85. The molecular weight excluding hydrogens is 264 g/mol. The van der Waals surface area contributed by atoms with Crippen LogP contribution in [0.5, 0.6) is 0 Å². The van der Waals surface area contributed by atoms with Crippen molar-refractivity contribution in [2.75, 3.05) is 12.3 Å². The van der Waals surface area contributed by atoms with Crippen molar-refractivity contribution >= 4 is 34.9 Å². The minimum Gasteiger partial charge on any atom is -0.392 e. The molecule has 1 heterocycles. The van der Waals surface area contributed by atoms with Gasteiger partial charge in [-0.25, -0.2) is 0 Å². The molecule has 0 radical (unpaired) electrons. The van der Waals surface area contributed by atoms with E-state index in [-0.39, 0.29) is 10.7 Å². The van der Waals surface area contributed by atoms with Gasteiger partial charge in [-0.2, -0.15) is 11.8 Å². The fourth-order valence-corrected chi connectivity index (χ4v) is 4.52. The summed E-state index contributed by atoms with van der Waals surface area (Å²) in [6.07, 6.45) is 6.17. The van der Waals surface area contributed by atoms with Crippen LogP contribution in [0.15, 0.2) is 0 Å². The van der Waals surface area contributed by atoms with E-state index in [1.807, 2.05) is 11.8 Å². The summed E-state index contributed by atoms with van der Waals surface area (Å²) in [6, 6.07) is 0. The largest absolute Gasteiger partial charge is 0.392 e. The Morgan fingerprint density at radius 2 is 2.00 bits per heavy atom. The molecule has 102 valence electrons. The van der Waals surface area contributed by atoms with Crippen LogP contribution in [-0.2, 0) is 4.79 Å². The van der Waals surface area contributed by atoms with Crippen LogP contribution in [0.1, 0.15) is 45.4 Å². The highest BCUT2D eigenvalue weighted by Gasteiger charge is 2.44. The highest BCUT2D eigenvalue weighted by atomic mass is 32.2. The molecule has 0 bridgehead atoms. The lowest BCUT2D eigenvalue weighted by Crippen LogP contribution is -2.50. The number of nitrogens with one attached hydrogen (secondary N) is 1. The normalized spacial score (nSPS) is 30.3. The third-order valence-electron chi connectivity index (χ3n) is 4.29. The maximum absolute atomic E-state index is 12.4. The summed E-state index contributed by atoms with van der Waals surface area (Å²) in [6.45, 7) is 2.97. The average molecular weight is 286 g/mol. The summed E-state index contributed by atoms with van der Waals surface area (Å²) < 4.78 is 0.200. The Hall–Kier alpha value is -0.290. The highest BCUT2D eigenvalue weighted by Crippen LogP contribution is 2.40. The van der Waals surface area contributed by atoms with Crippen LogP contribution < -0.4 is 11.1 Å². The molecule has 3 nitrogen and oxygen atoms in total. The van der Waals surface area contributed by atoms with Gasteiger partial charge in [0.25, 0.3) is 0 Å². The van der Waals surface area contributed by atoms with E-state index in [0.29, 0.717) is 4.99 Å². The number of carbonyl (C=O) groups is 1. The summed E-state index contributed by atoms with van der Waals surface area (Å²) in [5.41, 5.74) is 5.26. The second-order valence-corrected chi connectivity index (χ2v) is 7.86. The second-order valence-electron chi connectivity index (χ2n) is 5.74. The zero-order valence-corrected chi connectivity index (χ0v) is 12.6. The number of hydrogen-bond donors (Lipinski definition) is 2. The topological polar surface area (TPSA) is 55.1 Å². The molecule has 3 N–H and O–H groups in total. The summed E-state index contributed by atoms with van der Waals surface area (Å²) in [4.78, 5) is 12.8. The van der Waals surface area contributed by atoms with Crippen LogP contribution in [-0.4, -0.2) is 27.9 Å². The Morgan fingerprint density at radius 1 is 1.33 bits per heavy atom. The first-order valence-corrected chi connectivity index (χ1v) is 8.10. The van der Waals surface area contributed by atoms with Crippen molar-refractivity contribution in [3.8, 4) is 0 Å². The van der Waals surface area contributed by atoms with Crippen LogP contribution in [0.25, 0.3) is 0 Å². The number of hydrogen-bond acceptors (Lipinski definition) is 3. The van der Waals surface area contributed by atoms with Crippen molar-refractivity contribution in [3.63, 3.8) is 0 Å². The molecule has 5 heteroatoms. The predicted octanol–water partition coefficient (Wildman–Crippen LogP) is 2.23. The van der Waals surface area contributed by atoms with Gasteiger partial charge in [-0.15, -0.1) is 0 Å². The van der Waals surface area contributed by atoms with Crippen LogP contribution in [0.4, 0.5) is 0 Å². The van der Waals surface area contributed by atoms with Gasteiger partial charge in [0.1, 0.15) is 0 Å². The molecule has 1 aliphatic carbocycles. The zero-order valence-electron chi connectivity index (χ0n) is 11.0. The van der Waals surface area contributed by atoms with E-state index in [1.54, 1.807) is 0 Å². The zero-order chi connectivity index (χ0) is 13.2. The summed E-state index contributed by atoms with van der Waals surface area (Å²) in [7, 11) is 0. The molecule has 2 fully saturated rings. The third kappa shape index (κ3) is 2.67. The Balaban J connectivity index is 1.96. The van der Waals surface area contributed by atoms with Crippen molar-refractivity contribution in [1.82, 2.24) is 5.32 Å². The lowest BCUT2D eigenvalue weighted by Gasteiger charge is -2.29. The first kappa shape index (κ1) is 14.1. The molecular formula is C13H22N2OS2. The van der Waals surface area contributed by atoms with Crippen LogP contribution in [0.3, 0.4) is 0 Å². The molecule has 18 heavy (non-hydrogen) atoms. The van der Waals surface area contributed by atoms with Crippen LogP contribution >= 0.6 is 24.0 Å². The van der Waals surface area contributed by atoms with E-state index in [9.17, 15) is 4.79 Å². The Bertz CT molecular complexity index is 345. The highest BCUT2D eigenvalue weighted by molar-refractivity contribution is 8.00.